The molecule has 0 aromatic carbocycles. The largest absolute Gasteiger partial charge is 0.462 e. The molecule has 3 amide bonds. The van der Waals surface area contributed by atoms with Crippen molar-refractivity contribution in [3.8, 4) is 0 Å². The summed E-state index contributed by atoms with van der Waals surface area (Å²) in [5.41, 5.74) is 5.84. The van der Waals surface area contributed by atoms with Crippen LogP contribution in [0.2, 0.25) is 0 Å². The highest BCUT2D eigenvalue weighted by Crippen LogP contribution is 2.32. The molecular weight excluding hydrogens is 1190 g/mol. The summed E-state index contributed by atoms with van der Waals surface area (Å²) in [5, 5.41) is 33.9. The van der Waals surface area contributed by atoms with Crippen molar-refractivity contribution < 1.29 is 101 Å². The van der Waals surface area contributed by atoms with Crippen LogP contribution in [-0.4, -0.2) is 180 Å². The maximum Gasteiger partial charge on any atom is 0.405 e. The van der Waals surface area contributed by atoms with Crippen molar-refractivity contribution in [2.24, 2.45) is 41.2 Å². The highest BCUT2D eigenvalue weighted by molar-refractivity contribution is 6.24. The summed E-state index contributed by atoms with van der Waals surface area (Å²) < 4.78 is 43.8. The van der Waals surface area contributed by atoms with Crippen LogP contribution in [0, 0.1) is 29.6 Å². The molecule has 0 saturated carbocycles. The maximum absolute atomic E-state index is 14.1. The van der Waals surface area contributed by atoms with Gasteiger partial charge >= 0.3 is 24.0 Å². The van der Waals surface area contributed by atoms with E-state index in [1.807, 2.05) is 0 Å². The van der Waals surface area contributed by atoms with Gasteiger partial charge in [-0.2, -0.15) is 5.90 Å². The lowest BCUT2D eigenvalue weighted by molar-refractivity contribution is -0.155. The van der Waals surface area contributed by atoms with E-state index < -0.39 is 144 Å². The van der Waals surface area contributed by atoms with Gasteiger partial charge in [0.25, 0.3) is 11.8 Å². The second-order valence-electron chi connectivity index (χ2n) is 22.7. The van der Waals surface area contributed by atoms with Crippen molar-refractivity contribution >= 4 is 58.9 Å². The highest BCUT2D eigenvalue weighted by Gasteiger charge is 2.37. The van der Waals surface area contributed by atoms with Crippen molar-refractivity contribution in [2.75, 3.05) is 68.0 Å². The lowest BCUT2D eigenvalue weighted by atomic mass is 9.84. The minimum atomic E-state index is -1.12. The van der Waals surface area contributed by atoms with Crippen LogP contribution in [0.5, 0.6) is 0 Å². The molecule has 4 bridgehead atoms. The minimum absolute atomic E-state index is 0.00789. The number of allylic oxidation sites excluding steroid dienone is 8. The second kappa shape index (κ2) is 36.7. The zero-order chi connectivity index (χ0) is 67.8. The first kappa shape index (κ1) is 75.4. The lowest BCUT2D eigenvalue weighted by Crippen LogP contribution is -2.38. The van der Waals surface area contributed by atoms with Crippen molar-refractivity contribution in [1.29, 1.82) is 0 Å². The number of primary amides is 1. The Balaban J connectivity index is 1.40. The number of methoxy groups -OCH3 is 4. The molecule has 0 saturated heterocycles. The topological polar surface area (TPSA) is 394 Å². The van der Waals surface area contributed by atoms with Gasteiger partial charge in [-0.3, -0.25) is 28.8 Å². The molecule has 12 atom stereocenters. The molecule has 12 unspecified atom stereocenters. The number of amides is 3. The molecule has 2 aliphatic carbocycles. The number of aliphatic hydroxyl groups excluding tert-OH is 2. The number of esters is 2. The molecule has 500 valence electrons. The number of aliphatic hydroxyl groups is 2. The Kier molecular flexibility index (Phi) is 30.5. The van der Waals surface area contributed by atoms with Crippen molar-refractivity contribution in [1.82, 2.24) is 21.3 Å². The van der Waals surface area contributed by atoms with E-state index in [9.17, 15) is 58.2 Å². The first-order chi connectivity index (χ1) is 43.1. The molecular formula is C64H88N6O21. The smallest absolute Gasteiger partial charge is 0.405 e. The Morgan fingerprint density at radius 3 is 1.43 bits per heavy atom. The zero-order valence-corrected chi connectivity index (χ0v) is 53.6. The van der Waals surface area contributed by atoms with Crippen LogP contribution in [0.4, 0.5) is 4.79 Å². The van der Waals surface area contributed by atoms with Crippen molar-refractivity contribution in [2.45, 2.75) is 124 Å². The summed E-state index contributed by atoms with van der Waals surface area (Å²) >= 11 is 0. The number of carbonyl (C=O) groups excluding carboxylic acids is 10. The van der Waals surface area contributed by atoms with E-state index in [0.29, 0.717) is 11.1 Å². The molecule has 4 aliphatic rings. The third kappa shape index (κ3) is 22.1. The minimum Gasteiger partial charge on any atom is -0.462 e. The molecule has 10 N–H and O–H groups in total. The van der Waals surface area contributed by atoms with Crippen LogP contribution in [0.25, 0.3) is 0 Å². The first-order valence-electron chi connectivity index (χ1n) is 29.6. The van der Waals surface area contributed by atoms with Gasteiger partial charge in [-0.1, -0.05) is 81.9 Å². The van der Waals surface area contributed by atoms with Crippen molar-refractivity contribution in [3.63, 3.8) is 0 Å². The SMILES string of the molecule is COC1/C=C\C=C(/C)C(=O)NC2=CC(=O)C(NCCOC(=O)COCC(=O)OCCNC3=C4CC(C)CC(OC)C(O)C(C)/C=C(\C)C(C(=O)ON)C(OC)/C=C\C=C(/C)C(=O)NC(=CC3=O)C4=O)=C(CC(C)CC(OC)C(O)C(C)/C=C(\C)C1OC(N)=O)C2=O. The lowest BCUT2D eigenvalue weighted by Gasteiger charge is -2.30. The summed E-state index contributed by atoms with van der Waals surface area (Å²) in [6, 6.07) is 0. The molecule has 91 heavy (non-hydrogen) atoms. The highest BCUT2D eigenvalue weighted by atomic mass is 16.7. The van der Waals surface area contributed by atoms with Gasteiger partial charge in [-0.25, -0.2) is 19.2 Å². The maximum atomic E-state index is 14.1. The van der Waals surface area contributed by atoms with E-state index in [-0.39, 0.29) is 97.1 Å². The van der Waals surface area contributed by atoms with Crippen LogP contribution < -0.4 is 32.9 Å². The van der Waals surface area contributed by atoms with Gasteiger partial charge in [0, 0.05) is 87.8 Å². The van der Waals surface area contributed by atoms with Crippen LogP contribution in [0.1, 0.15) is 81.1 Å². The third-order valence-electron chi connectivity index (χ3n) is 15.6. The standard InChI is InChI=1S/C64H88N6O21/c1-33-23-41-54(45(71)29-43(58(41)77)69-61(79)35(3)15-13-17-47(83-9)53(63(81)91-66)37(5)27-38(6)56(75)49(25-33)85-11)67-19-21-88-51(73)31-87-32-52(74)89-22-20-68-55-42-24-34(2)26-50(86-12)57(76)39(7)28-40(8)60(90-64(65)82)48(84-10)18-14-16-36(4)62(80)70-44(59(42)78)30-46(55)72/h13-18,27-30,33-34,38-39,47-50,53,56-57,60,67-68,75-76H,19-26,31-32,66H2,1-12H3,(H2,65,82)(H,69,79)(H,70,80)/b17-13-,18-14-,35-15+,36-16+,37-27+,40-28+. The predicted octanol–water partition coefficient (Wildman–Crippen LogP) is 2.39. The molecule has 0 aromatic heterocycles. The van der Waals surface area contributed by atoms with Crippen LogP contribution in [0.15, 0.2) is 117 Å². The Morgan fingerprint density at radius 2 is 1.03 bits per heavy atom. The van der Waals surface area contributed by atoms with E-state index in [1.54, 1.807) is 53.7 Å². The third-order valence-corrected chi connectivity index (χ3v) is 15.6. The van der Waals surface area contributed by atoms with Crippen molar-refractivity contribution in [3.05, 3.63) is 117 Å². The number of ketones is 4. The fraction of sp³-hybridized carbons (Fsp3) is 0.531. The molecule has 27 heteroatoms. The number of fused-ring (bicyclic) bond motifs is 4. The normalized spacial score (nSPS) is 30.2. The van der Waals surface area contributed by atoms with E-state index in [2.05, 4.69) is 26.1 Å². The van der Waals surface area contributed by atoms with Gasteiger partial charge < -0.3 is 79.9 Å². The molecule has 2 aliphatic heterocycles. The number of Topliss-reactive ketones (excluding diaryl/α,β-unsaturated/α-hetero) is 2. The van der Waals surface area contributed by atoms with Gasteiger partial charge in [-0.05, 0) is 70.8 Å². The molecule has 0 fully saturated rings. The molecule has 2 heterocycles. The van der Waals surface area contributed by atoms with Gasteiger partial charge in [0.1, 0.15) is 38.4 Å². The van der Waals surface area contributed by atoms with Crippen LogP contribution >= 0.6 is 0 Å². The van der Waals surface area contributed by atoms with Crippen LogP contribution in [-0.2, 0) is 85.9 Å². The van der Waals surface area contributed by atoms with E-state index >= 15 is 0 Å². The van der Waals surface area contributed by atoms with Gasteiger partial charge in [0.15, 0.2) is 6.10 Å². The summed E-state index contributed by atoms with van der Waals surface area (Å²) in [6.07, 6.45) is 6.79. The monoisotopic (exact) mass is 1280 g/mol. The number of carbonyl (C=O) groups is 10. The van der Waals surface area contributed by atoms with E-state index in [0.717, 1.165) is 12.2 Å². The average molecular weight is 1280 g/mol. The number of hydrogen-bond donors (Lipinski definition) is 8. The molecule has 0 radical (unpaired) electrons. The Hall–Kier alpha value is -8.02. The molecule has 27 nitrogen and oxygen atoms in total. The van der Waals surface area contributed by atoms with Gasteiger partial charge in [-0.15, -0.1) is 0 Å². The average Bonchev–Trinajstić information content (AvgIpc) is 1.06. The number of nitrogens with two attached hydrogens (primary N) is 2. The Bertz CT molecular complexity index is 3040. The molecule has 0 aromatic rings. The second-order valence-corrected chi connectivity index (χ2v) is 22.7. The summed E-state index contributed by atoms with van der Waals surface area (Å²) in [4.78, 5) is 137. The number of nitrogens with one attached hydrogen (secondary N) is 4. The number of rotatable bonds is 18. The first-order valence-corrected chi connectivity index (χ1v) is 29.6. The summed E-state index contributed by atoms with van der Waals surface area (Å²) in [6.45, 7) is 10.9. The Morgan fingerprint density at radius 1 is 0.615 bits per heavy atom. The summed E-state index contributed by atoms with van der Waals surface area (Å²) in [7, 11) is 5.59. The number of hydrogen-bond acceptors (Lipinski definition) is 24. The van der Waals surface area contributed by atoms with Gasteiger partial charge in [0.05, 0.1) is 53.3 Å². The Labute approximate surface area is 529 Å². The summed E-state index contributed by atoms with van der Waals surface area (Å²) in [5.74, 6) is -4.41. The zero-order valence-electron chi connectivity index (χ0n) is 53.6. The van der Waals surface area contributed by atoms with Gasteiger partial charge in [0.2, 0.25) is 23.1 Å². The fourth-order valence-corrected chi connectivity index (χ4v) is 10.7. The number of ether oxygens (including phenoxy) is 8. The quantitative estimate of drug-likeness (QED) is 0.0244. The molecule has 4 rings (SSSR count). The van der Waals surface area contributed by atoms with Crippen LogP contribution in [0.3, 0.4) is 0 Å². The fourth-order valence-electron chi connectivity index (χ4n) is 10.7. The molecule has 0 spiro atoms. The van der Waals surface area contributed by atoms with E-state index in [1.165, 1.54) is 78.7 Å². The predicted molar refractivity (Wildman–Crippen MR) is 327 cm³/mol. The van der Waals surface area contributed by atoms with E-state index in [4.69, 9.17) is 49.5 Å².